The van der Waals surface area contributed by atoms with E-state index in [-0.39, 0.29) is 4.90 Å². The van der Waals surface area contributed by atoms with Gasteiger partial charge in [0.1, 0.15) is 4.90 Å². The Hall–Kier alpha value is -1.51. The van der Waals surface area contributed by atoms with Crippen LogP contribution in [0.1, 0.15) is 19.5 Å². The summed E-state index contributed by atoms with van der Waals surface area (Å²) in [5.41, 5.74) is 1.06. The maximum atomic E-state index is 12.1. The summed E-state index contributed by atoms with van der Waals surface area (Å²) in [7, 11) is -3.56. The molecule has 0 saturated carbocycles. The van der Waals surface area contributed by atoms with Crippen LogP contribution in [-0.4, -0.2) is 38.2 Å². The monoisotopic (exact) mass is 298 g/mol. The first-order valence-corrected chi connectivity index (χ1v) is 8.01. The van der Waals surface area contributed by atoms with Crippen LogP contribution in [0.3, 0.4) is 0 Å². The molecule has 2 heterocycles. The summed E-state index contributed by atoms with van der Waals surface area (Å²) in [6.07, 6.45) is 1.94. The topological polar surface area (TPSA) is 97.1 Å². The largest absolute Gasteiger partial charge is 0.336 e. The zero-order valence-corrected chi connectivity index (χ0v) is 12.3. The van der Waals surface area contributed by atoms with Crippen LogP contribution >= 0.6 is 0 Å². The van der Waals surface area contributed by atoms with Gasteiger partial charge >= 0.3 is 0 Å². The summed E-state index contributed by atoms with van der Waals surface area (Å²) in [6.45, 7) is 5.60. The molecular formula is C12H18N4O3S. The number of aryl methyl sites for hydroxylation is 1. The Morgan fingerprint density at radius 2 is 2.10 bits per heavy atom. The fraction of sp³-hybridized carbons (Fsp3) is 0.500. The highest BCUT2D eigenvalue weighted by Gasteiger charge is 2.17. The fourth-order valence-electron chi connectivity index (χ4n) is 1.80. The van der Waals surface area contributed by atoms with E-state index >= 15 is 0 Å². The van der Waals surface area contributed by atoms with Gasteiger partial charge in [-0.2, -0.15) is 0 Å². The molecule has 0 atom stereocenters. The van der Waals surface area contributed by atoms with Crippen molar-refractivity contribution in [2.24, 2.45) is 0 Å². The van der Waals surface area contributed by atoms with Gasteiger partial charge in [0.2, 0.25) is 10.0 Å². The van der Waals surface area contributed by atoms with Gasteiger partial charge in [0.15, 0.2) is 0 Å². The first-order valence-electron chi connectivity index (χ1n) is 6.53. The van der Waals surface area contributed by atoms with Crippen molar-refractivity contribution in [1.82, 2.24) is 20.2 Å². The van der Waals surface area contributed by atoms with Crippen molar-refractivity contribution in [2.45, 2.75) is 25.2 Å². The maximum absolute atomic E-state index is 12.1. The van der Waals surface area contributed by atoms with E-state index in [1.165, 1.54) is 6.20 Å². The van der Waals surface area contributed by atoms with Gasteiger partial charge in [0.25, 0.3) is 5.71 Å². The van der Waals surface area contributed by atoms with Crippen LogP contribution in [-0.2, 0) is 16.4 Å². The molecule has 0 saturated heterocycles. The van der Waals surface area contributed by atoms with Gasteiger partial charge in [0, 0.05) is 13.1 Å². The number of hydrogen-bond acceptors (Lipinski definition) is 6. The molecule has 20 heavy (non-hydrogen) atoms. The second kappa shape index (κ2) is 6.29. The fourth-order valence-corrected chi connectivity index (χ4v) is 2.80. The van der Waals surface area contributed by atoms with Crippen molar-refractivity contribution < 1.29 is 12.9 Å². The summed E-state index contributed by atoms with van der Waals surface area (Å²) >= 11 is 0. The highest BCUT2D eigenvalue weighted by atomic mass is 32.2. The number of hydrogen-bond donors (Lipinski definition) is 2. The average molecular weight is 298 g/mol. The number of pyridine rings is 1. The summed E-state index contributed by atoms with van der Waals surface area (Å²) in [4.78, 5) is 4.12. The number of sulfonamides is 1. The van der Waals surface area contributed by atoms with Gasteiger partial charge in [0.05, 0.1) is 17.3 Å². The standard InChI is InChI=1S/C12H18N4O3S/c1-3-11-10-7-9(8-14-12(10)19-16-11)20(17,18)15-6-5-13-4-2/h7-8,13,15H,3-6H2,1-2H3. The molecule has 0 aliphatic rings. The Morgan fingerprint density at radius 1 is 1.30 bits per heavy atom. The molecule has 8 heteroatoms. The van der Waals surface area contributed by atoms with Gasteiger partial charge in [-0.3, -0.25) is 0 Å². The van der Waals surface area contributed by atoms with Crippen LogP contribution < -0.4 is 10.0 Å². The van der Waals surface area contributed by atoms with Gasteiger partial charge in [-0.05, 0) is 19.0 Å². The third kappa shape index (κ3) is 3.14. The number of aromatic nitrogens is 2. The molecule has 0 amide bonds. The lowest BCUT2D eigenvalue weighted by Gasteiger charge is -2.06. The first-order chi connectivity index (χ1) is 9.58. The van der Waals surface area contributed by atoms with E-state index in [0.29, 0.717) is 36.3 Å². The lowest BCUT2D eigenvalue weighted by Crippen LogP contribution is -2.31. The van der Waals surface area contributed by atoms with E-state index in [1.54, 1.807) is 6.07 Å². The first kappa shape index (κ1) is 14.9. The average Bonchev–Trinajstić information content (AvgIpc) is 2.85. The van der Waals surface area contributed by atoms with Crippen molar-refractivity contribution in [2.75, 3.05) is 19.6 Å². The Morgan fingerprint density at radius 3 is 2.80 bits per heavy atom. The molecule has 0 fully saturated rings. The van der Waals surface area contributed by atoms with Gasteiger partial charge in [-0.15, -0.1) is 0 Å². The van der Waals surface area contributed by atoms with Crippen molar-refractivity contribution in [1.29, 1.82) is 0 Å². The Balaban J connectivity index is 2.22. The smallest absolute Gasteiger partial charge is 0.258 e. The quantitative estimate of drug-likeness (QED) is 0.729. The van der Waals surface area contributed by atoms with Crippen LogP contribution in [0.5, 0.6) is 0 Å². The predicted octanol–water partition coefficient (Wildman–Crippen LogP) is 0.673. The zero-order valence-electron chi connectivity index (χ0n) is 11.5. The van der Waals surface area contributed by atoms with Gasteiger partial charge in [-0.1, -0.05) is 19.0 Å². The molecule has 0 aliphatic carbocycles. The van der Waals surface area contributed by atoms with Crippen LogP contribution in [0.15, 0.2) is 21.7 Å². The molecule has 2 rings (SSSR count). The third-order valence-corrected chi connectivity index (χ3v) is 4.30. The molecule has 0 bridgehead atoms. The lowest BCUT2D eigenvalue weighted by molar-refractivity contribution is 0.439. The Labute approximate surface area is 117 Å². The maximum Gasteiger partial charge on any atom is 0.258 e. The normalized spacial score (nSPS) is 12.1. The van der Waals surface area contributed by atoms with Crippen molar-refractivity contribution in [3.8, 4) is 0 Å². The lowest BCUT2D eigenvalue weighted by atomic mass is 10.2. The minimum Gasteiger partial charge on any atom is -0.336 e. The summed E-state index contributed by atoms with van der Waals surface area (Å²) in [5, 5.41) is 7.55. The number of fused-ring (bicyclic) bond motifs is 1. The third-order valence-electron chi connectivity index (χ3n) is 2.87. The van der Waals surface area contributed by atoms with Crippen molar-refractivity contribution in [3.63, 3.8) is 0 Å². The Bertz CT molecular complexity index is 681. The van der Waals surface area contributed by atoms with Crippen LogP contribution in [0.2, 0.25) is 0 Å². The van der Waals surface area contributed by atoms with Crippen LogP contribution in [0, 0.1) is 0 Å². The summed E-state index contributed by atoms with van der Waals surface area (Å²) in [6, 6.07) is 1.55. The van der Waals surface area contributed by atoms with Crippen molar-refractivity contribution >= 4 is 21.1 Å². The molecule has 0 aromatic carbocycles. The summed E-state index contributed by atoms with van der Waals surface area (Å²) in [5.74, 6) is 0. The SMILES string of the molecule is CCNCCNS(=O)(=O)c1cnc2onc(CC)c2c1. The number of likely N-dealkylation sites (N-methyl/N-ethyl adjacent to an activating group) is 1. The number of rotatable bonds is 7. The van der Waals surface area contributed by atoms with Gasteiger partial charge in [-0.25, -0.2) is 18.1 Å². The molecule has 0 aliphatic heterocycles. The second-order valence-electron chi connectivity index (χ2n) is 4.26. The van der Waals surface area contributed by atoms with E-state index in [9.17, 15) is 8.42 Å². The van der Waals surface area contributed by atoms with E-state index < -0.39 is 10.0 Å². The molecular weight excluding hydrogens is 280 g/mol. The molecule has 7 nitrogen and oxygen atoms in total. The van der Waals surface area contributed by atoms with Crippen molar-refractivity contribution in [3.05, 3.63) is 18.0 Å². The molecule has 110 valence electrons. The zero-order chi connectivity index (χ0) is 14.6. The number of nitrogens with zero attached hydrogens (tertiary/aromatic N) is 2. The number of nitrogens with one attached hydrogen (secondary N) is 2. The van der Waals surface area contributed by atoms with Gasteiger partial charge < -0.3 is 9.84 Å². The molecule has 2 N–H and O–H groups in total. The Kier molecular flexibility index (Phi) is 4.69. The molecule has 2 aromatic rings. The highest BCUT2D eigenvalue weighted by Crippen LogP contribution is 2.20. The summed E-state index contributed by atoms with van der Waals surface area (Å²) < 4.78 is 31.8. The molecule has 0 radical (unpaired) electrons. The van der Waals surface area contributed by atoms with Crippen LogP contribution in [0.4, 0.5) is 0 Å². The highest BCUT2D eigenvalue weighted by molar-refractivity contribution is 7.89. The molecule has 0 unspecified atom stereocenters. The van der Waals surface area contributed by atoms with Crippen LogP contribution in [0.25, 0.3) is 11.1 Å². The molecule has 2 aromatic heterocycles. The van der Waals surface area contributed by atoms with E-state index in [4.69, 9.17) is 4.52 Å². The van der Waals surface area contributed by atoms with E-state index in [1.807, 2.05) is 13.8 Å². The predicted molar refractivity (Wildman–Crippen MR) is 74.9 cm³/mol. The van der Waals surface area contributed by atoms with E-state index in [2.05, 4.69) is 20.2 Å². The minimum absolute atomic E-state index is 0.124. The molecule has 0 spiro atoms. The van der Waals surface area contributed by atoms with E-state index in [0.717, 1.165) is 6.54 Å². The minimum atomic E-state index is -3.56. The second-order valence-corrected chi connectivity index (χ2v) is 6.02.